The van der Waals surface area contributed by atoms with Crippen LogP contribution in [0, 0.1) is 18.3 Å². The fraction of sp³-hybridized carbons (Fsp3) is 0.636. The summed E-state index contributed by atoms with van der Waals surface area (Å²) in [6.07, 6.45) is 4.79. The van der Waals surface area contributed by atoms with Crippen molar-refractivity contribution in [2.45, 2.75) is 64.1 Å². The van der Waals surface area contributed by atoms with Gasteiger partial charge in [-0.05, 0) is 37.8 Å². The molecule has 0 bridgehead atoms. The molecule has 27 heavy (non-hydrogen) atoms. The minimum Gasteiger partial charge on any atom is -0.336 e. The maximum Gasteiger partial charge on any atom is 0.238 e. The quantitative estimate of drug-likeness (QED) is 0.868. The molecule has 1 aromatic carbocycles. The zero-order valence-corrected chi connectivity index (χ0v) is 16.7. The van der Waals surface area contributed by atoms with Crippen molar-refractivity contribution in [2.24, 2.45) is 0 Å². The summed E-state index contributed by atoms with van der Waals surface area (Å²) in [4.78, 5) is 17.5. The van der Waals surface area contributed by atoms with Crippen LogP contribution >= 0.6 is 0 Å². The minimum absolute atomic E-state index is 0.00537. The van der Waals surface area contributed by atoms with Crippen LogP contribution in [0.5, 0.6) is 0 Å². The molecule has 1 heterocycles. The minimum atomic E-state index is -0.643. The molecule has 2 fully saturated rings. The van der Waals surface area contributed by atoms with E-state index in [1.807, 2.05) is 6.92 Å². The summed E-state index contributed by atoms with van der Waals surface area (Å²) >= 11 is 0. The predicted molar refractivity (Wildman–Crippen MR) is 107 cm³/mol. The first kappa shape index (κ1) is 19.9. The van der Waals surface area contributed by atoms with E-state index in [-0.39, 0.29) is 11.9 Å². The number of aryl methyl sites for hydroxylation is 1. The van der Waals surface area contributed by atoms with E-state index in [1.165, 1.54) is 11.1 Å². The standard InChI is InChI=1S/C22H32N4O/c1-18-8-4-5-9-20(18)16-25-12-14-26(15-13-25)19(2)21(27)24-22(17-23)10-6-3-7-11-22/h4-5,8-9,19H,3,6-7,10-16H2,1-2H3,(H,24,27)/t19-/m0/s1. The van der Waals surface area contributed by atoms with E-state index in [0.29, 0.717) is 0 Å². The van der Waals surface area contributed by atoms with E-state index >= 15 is 0 Å². The van der Waals surface area contributed by atoms with Gasteiger partial charge in [0, 0.05) is 32.7 Å². The normalized spacial score (nSPS) is 22.0. The zero-order valence-electron chi connectivity index (χ0n) is 16.7. The molecule has 1 atom stereocenters. The third-order valence-electron chi connectivity index (χ3n) is 6.27. The smallest absolute Gasteiger partial charge is 0.238 e. The van der Waals surface area contributed by atoms with Gasteiger partial charge in [-0.15, -0.1) is 0 Å². The van der Waals surface area contributed by atoms with Crippen LogP contribution in [0.1, 0.15) is 50.2 Å². The summed E-state index contributed by atoms with van der Waals surface area (Å²) in [6.45, 7) is 8.82. The number of piperazine rings is 1. The third kappa shape index (κ3) is 4.88. The highest BCUT2D eigenvalue weighted by molar-refractivity contribution is 5.82. The zero-order chi connectivity index (χ0) is 19.3. The van der Waals surface area contributed by atoms with Crippen molar-refractivity contribution in [1.82, 2.24) is 15.1 Å². The number of hydrogen-bond acceptors (Lipinski definition) is 4. The van der Waals surface area contributed by atoms with E-state index in [2.05, 4.69) is 52.4 Å². The first-order chi connectivity index (χ1) is 13.0. The summed E-state index contributed by atoms with van der Waals surface area (Å²) in [6, 6.07) is 10.7. The number of nitrogens with one attached hydrogen (secondary N) is 1. The molecule has 1 aromatic rings. The Morgan fingerprint density at radius 3 is 2.48 bits per heavy atom. The monoisotopic (exact) mass is 368 g/mol. The number of amides is 1. The van der Waals surface area contributed by atoms with Gasteiger partial charge in [0.25, 0.3) is 0 Å². The first-order valence-electron chi connectivity index (χ1n) is 10.3. The molecule has 146 valence electrons. The number of benzene rings is 1. The summed E-state index contributed by atoms with van der Waals surface area (Å²) in [5.41, 5.74) is 2.07. The molecule has 1 N–H and O–H groups in total. The summed E-state index contributed by atoms with van der Waals surface area (Å²) < 4.78 is 0. The second kappa shape index (κ2) is 8.86. The SMILES string of the molecule is Cc1ccccc1CN1CCN([C@@H](C)C(=O)NC2(C#N)CCCCC2)CC1. The number of carbonyl (C=O) groups is 1. The molecule has 1 saturated heterocycles. The van der Waals surface area contributed by atoms with Crippen LogP contribution < -0.4 is 5.32 Å². The van der Waals surface area contributed by atoms with E-state index in [9.17, 15) is 10.1 Å². The van der Waals surface area contributed by atoms with E-state index in [0.717, 1.165) is 64.8 Å². The van der Waals surface area contributed by atoms with Crippen molar-refractivity contribution in [3.63, 3.8) is 0 Å². The van der Waals surface area contributed by atoms with E-state index < -0.39 is 5.54 Å². The second-order valence-electron chi connectivity index (χ2n) is 8.16. The lowest BCUT2D eigenvalue weighted by atomic mass is 9.82. The molecule has 5 heteroatoms. The lowest BCUT2D eigenvalue weighted by Gasteiger charge is -2.39. The van der Waals surface area contributed by atoms with Crippen LogP contribution in [0.15, 0.2) is 24.3 Å². The van der Waals surface area contributed by atoms with Gasteiger partial charge in [0.2, 0.25) is 5.91 Å². The second-order valence-corrected chi connectivity index (χ2v) is 8.16. The molecule has 0 aromatic heterocycles. The molecule has 1 saturated carbocycles. The molecule has 5 nitrogen and oxygen atoms in total. The largest absolute Gasteiger partial charge is 0.336 e. The molecule has 0 unspecified atom stereocenters. The van der Waals surface area contributed by atoms with Crippen LogP contribution in [0.4, 0.5) is 0 Å². The Kier molecular flexibility index (Phi) is 6.51. The number of rotatable bonds is 5. The van der Waals surface area contributed by atoms with Gasteiger partial charge in [-0.1, -0.05) is 43.5 Å². The number of hydrogen-bond donors (Lipinski definition) is 1. The highest BCUT2D eigenvalue weighted by Gasteiger charge is 2.36. The topological polar surface area (TPSA) is 59.4 Å². The van der Waals surface area contributed by atoms with Crippen LogP contribution in [-0.4, -0.2) is 53.5 Å². The number of carbonyl (C=O) groups excluding carboxylic acids is 1. The highest BCUT2D eigenvalue weighted by Crippen LogP contribution is 2.27. The summed E-state index contributed by atoms with van der Waals surface area (Å²) in [7, 11) is 0. The van der Waals surface area contributed by atoms with Crippen LogP contribution in [0.2, 0.25) is 0 Å². The molecular formula is C22H32N4O. The number of nitrogens with zero attached hydrogens (tertiary/aromatic N) is 3. The van der Waals surface area contributed by atoms with Gasteiger partial charge in [-0.3, -0.25) is 14.6 Å². The van der Waals surface area contributed by atoms with Crippen LogP contribution in [0.25, 0.3) is 0 Å². The van der Waals surface area contributed by atoms with Gasteiger partial charge >= 0.3 is 0 Å². The van der Waals surface area contributed by atoms with Crippen molar-refractivity contribution in [3.8, 4) is 6.07 Å². The summed E-state index contributed by atoms with van der Waals surface area (Å²) in [5, 5.41) is 12.7. The van der Waals surface area contributed by atoms with Crippen molar-refractivity contribution in [1.29, 1.82) is 5.26 Å². The Hall–Kier alpha value is -1.90. The first-order valence-corrected chi connectivity index (χ1v) is 10.3. The van der Waals surface area contributed by atoms with Gasteiger partial charge in [-0.25, -0.2) is 0 Å². The van der Waals surface area contributed by atoms with Gasteiger partial charge in [0.05, 0.1) is 12.1 Å². The fourth-order valence-electron chi connectivity index (χ4n) is 4.26. The maximum atomic E-state index is 12.8. The van der Waals surface area contributed by atoms with E-state index in [4.69, 9.17) is 0 Å². The maximum absolute atomic E-state index is 12.8. The molecule has 1 aliphatic carbocycles. The van der Waals surface area contributed by atoms with Gasteiger partial charge in [0.15, 0.2) is 0 Å². The van der Waals surface area contributed by atoms with Gasteiger partial charge in [0.1, 0.15) is 5.54 Å². The lowest BCUT2D eigenvalue weighted by molar-refractivity contribution is -0.128. The Balaban J connectivity index is 1.50. The Morgan fingerprint density at radius 2 is 1.85 bits per heavy atom. The van der Waals surface area contributed by atoms with Crippen molar-refractivity contribution in [3.05, 3.63) is 35.4 Å². The fourth-order valence-corrected chi connectivity index (χ4v) is 4.26. The molecule has 0 radical (unpaired) electrons. The third-order valence-corrected chi connectivity index (χ3v) is 6.27. The molecule has 3 rings (SSSR count). The van der Waals surface area contributed by atoms with Gasteiger partial charge < -0.3 is 5.32 Å². The Labute approximate surface area is 163 Å². The van der Waals surface area contributed by atoms with E-state index in [1.54, 1.807) is 0 Å². The van der Waals surface area contributed by atoms with Crippen molar-refractivity contribution >= 4 is 5.91 Å². The molecule has 0 spiro atoms. The molecule has 1 aliphatic heterocycles. The summed E-state index contributed by atoms with van der Waals surface area (Å²) in [5.74, 6) is 0.00537. The highest BCUT2D eigenvalue weighted by atomic mass is 16.2. The van der Waals surface area contributed by atoms with Crippen molar-refractivity contribution < 1.29 is 4.79 Å². The molecule has 1 amide bonds. The Bertz CT molecular complexity index is 682. The van der Waals surface area contributed by atoms with Crippen molar-refractivity contribution in [2.75, 3.05) is 26.2 Å². The molecular weight excluding hydrogens is 336 g/mol. The predicted octanol–water partition coefficient (Wildman–Crippen LogP) is 2.84. The number of nitriles is 1. The average molecular weight is 369 g/mol. The molecule has 2 aliphatic rings. The van der Waals surface area contributed by atoms with Crippen LogP contribution in [-0.2, 0) is 11.3 Å². The van der Waals surface area contributed by atoms with Gasteiger partial charge in [-0.2, -0.15) is 5.26 Å². The Morgan fingerprint density at radius 1 is 1.19 bits per heavy atom. The van der Waals surface area contributed by atoms with Crippen LogP contribution in [0.3, 0.4) is 0 Å². The lowest BCUT2D eigenvalue weighted by Crippen LogP contribution is -2.58. The average Bonchev–Trinajstić information content (AvgIpc) is 2.70.